The molecule has 0 aromatic heterocycles. The minimum Gasteiger partial charge on any atom is -0.346 e. The predicted octanol–water partition coefficient (Wildman–Crippen LogP) is 3.40. The van der Waals surface area contributed by atoms with Gasteiger partial charge in [-0.1, -0.05) is 37.3 Å². The Bertz CT molecular complexity index is 745. The van der Waals surface area contributed by atoms with Gasteiger partial charge in [-0.05, 0) is 49.0 Å². The van der Waals surface area contributed by atoms with E-state index >= 15 is 0 Å². The molecule has 0 radical (unpaired) electrons. The minimum atomic E-state index is -0.150. The molecule has 0 saturated carbocycles. The molecule has 130 valence electrons. The number of amides is 2. The van der Waals surface area contributed by atoms with Gasteiger partial charge in [0.05, 0.1) is 6.04 Å². The summed E-state index contributed by atoms with van der Waals surface area (Å²) in [6.07, 6.45) is 0.362. The van der Waals surface area contributed by atoms with Crippen LogP contribution in [0.15, 0.2) is 54.6 Å². The second kappa shape index (κ2) is 8.94. The zero-order valence-electron chi connectivity index (χ0n) is 14.2. The van der Waals surface area contributed by atoms with Gasteiger partial charge in [-0.15, -0.1) is 0 Å². The number of carbonyl (C=O) groups is 2. The molecule has 0 aliphatic carbocycles. The maximum absolute atomic E-state index is 12.3. The topological polar surface area (TPSA) is 70.2 Å². The number of thiocarbonyl (C=S) groups is 1. The highest BCUT2D eigenvalue weighted by molar-refractivity contribution is 7.80. The zero-order valence-corrected chi connectivity index (χ0v) is 15.0. The minimum absolute atomic E-state index is 0.0802. The molecule has 3 N–H and O–H groups in total. The molecule has 25 heavy (non-hydrogen) atoms. The zero-order chi connectivity index (χ0) is 18.2. The third kappa shape index (κ3) is 5.69. The standard InChI is InChI=1S/C19H21N3O2S/c1-3-17(23)22-19(25)21-16-11-9-15(10-12-16)18(24)20-13(2)14-7-5-4-6-8-14/h4-13H,3H2,1-2H3,(H,20,24)(H2,21,22,23,25). The monoisotopic (exact) mass is 355 g/mol. The van der Waals surface area contributed by atoms with Gasteiger partial charge in [-0.2, -0.15) is 0 Å². The fraction of sp³-hybridized carbons (Fsp3) is 0.211. The van der Waals surface area contributed by atoms with Crippen molar-refractivity contribution in [2.24, 2.45) is 0 Å². The van der Waals surface area contributed by atoms with Crippen LogP contribution in [-0.2, 0) is 4.79 Å². The van der Waals surface area contributed by atoms with Crippen LogP contribution in [0.2, 0.25) is 0 Å². The van der Waals surface area contributed by atoms with Gasteiger partial charge in [0.2, 0.25) is 5.91 Å². The molecule has 2 amide bonds. The first-order chi connectivity index (χ1) is 12.0. The highest BCUT2D eigenvalue weighted by Gasteiger charge is 2.11. The predicted molar refractivity (Wildman–Crippen MR) is 103 cm³/mol. The Morgan fingerprint density at radius 1 is 1.04 bits per heavy atom. The van der Waals surface area contributed by atoms with Crippen LogP contribution in [0.1, 0.15) is 42.2 Å². The summed E-state index contributed by atoms with van der Waals surface area (Å²) in [5, 5.41) is 8.67. The van der Waals surface area contributed by atoms with Gasteiger partial charge in [0.1, 0.15) is 0 Å². The number of nitrogens with one attached hydrogen (secondary N) is 3. The SMILES string of the molecule is CCC(=O)NC(=S)Nc1ccc(C(=O)NC(C)c2ccccc2)cc1. The summed E-state index contributed by atoms with van der Waals surface area (Å²) in [5.41, 5.74) is 2.30. The molecule has 2 aromatic carbocycles. The van der Waals surface area contributed by atoms with Crippen molar-refractivity contribution in [3.8, 4) is 0 Å². The second-order valence-corrected chi connectivity index (χ2v) is 5.95. The summed E-state index contributed by atoms with van der Waals surface area (Å²) in [6, 6.07) is 16.6. The molecule has 6 heteroatoms. The highest BCUT2D eigenvalue weighted by atomic mass is 32.1. The van der Waals surface area contributed by atoms with Crippen molar-refractivity contribution < 1.29 is 9.59 Å². The number of rotatable bonds is 5. The molecule has 2 rings (SSSR count). The van der Waals surface area contributed by atoms with Crippen LogP contribution in [0, 0.1) is 0 Å². The molecule has 0 aliphatic heterocycles. The van der Waals surface area contributed by atoms with E-state index < -0.39 is 0 Å². The first-order valence-electron chi connectivity index (χ1n) is 8.06. The Morgan fingerprint density at radius 2 is 1.68 bits per heavy atom. The van der Waals surface area contributed by atoms with Crippen molar-refractivity contribution in [3.63, 3.8) is 0 Å². The van der Waals surface area contributed by atoms with E-state index in [1.165, 1.54) is 0 Å². The van der Waals surface area contributed by atoms with Crippen LogP contribution in [0.25, 0.3) is 0 Å². The van der Waals surface area contributed by atoms with Crippen molar-refractivity contribution in [2.75, 3.05) is 5.32 Å². The smallest absolute Gasteiger partial charge is 0.251 e. The van der Waals surface area contributed by atoms with E-state index in [4.69, 9.17) is 12.2 Å². The van der Waals surface area contributed by atoms with Gasteiger partial charge in [-0.25, -0.2) is 0 Å². The van der Waals surface area contributed by atoms with E-state index in [9.17, 15) is 9.59 Å². The summed E-state index contributed by atoms with van der Waals surface area (Å²) in [6.45, 7) is 3.69. The van der Waals surface area contributed by atoms with Crippen molar-refractivity contribution in [1.29, 1.82) is 0 Å². The van der Waals surface area contributed by atoms with Gasteiger partial charge < -0.3 is 16.0 Å². The summed E-state index contributed by atoms with van der Waals surface area (Å²) in [5.74, 6) is -0.298. The second-order valence-electron chi connectivity index (χ2n) is 5.54. The van der Waals surface area contributed by atoms with E-state index in [2.05, 4.69) is 16.0 Å². The number of benzene rings is 2. The maximum atomic E-state index is 12.3. The van der Waals surface area contributed by atoms with E-state index in [0.29, 0.717) is 17.7 Å². The van der Waals surface area contributed by atoms with Crippen LogP contribution < -0.4 is 16.0 Å². The van der Waals surface area contributed by atoms with Crippen LogP contribution >= 0.6 is 12.2 Å². The lowest BCUT2D eigenvalue weighted by Crippen LogP contribution is -2.33. The lowest BCUT2D eigenvalue weighted by atomic mass is 10.1. The highest BCUT2D eigenvalue weighted by Crippen LogP contribution is 2.14. The molecule has 1 unspecified atom stereocenters. The van der Waals surface area contributed by atoms with Crippen molar-refractivity contribution in [3.05, 3.63) is 65.7 Å². The number of hydrogen-bond acceptors (Lipinski definition) is 3. The lowest BCUT2D eigenvalue weighted by molar-refractivity contribution is -0.119. The molecular formula is C19H21N3O2S. The number of anilines is 1. The lowest BCUT2D eigenvalue weighted by Gasteiger charge is -2.14. The summed E-state index contributed by atoms with van der Waals surface area (Å²) in [4.78, 5) is 23.6. The Balaban J connectivity index is 1.94. The van der Waals surface area contributed by atoms with Crippen LogP contribution in [0.5, 0.6) is 0 Å². The molecule has 0 heterocycles. The summed E-state index contributed by atoms with van der Waals surface area (Å²) >= 11 is 5.05. The van der Waals surface area contributed by atoms with E-state index in [1.54, 1.807) is 31.2 Å². The fourth-order valence-corrected chi connectivity index (χ4v) is 2.42. The quantitative estimate of drug-likeness (QED) is 0.719. The van der Waals surface area contributed by atoms with Gasteiger partial charge in [-0.3, -0.25) is 9.59 Å². The maximum Gasteiger partial charge on any atom is 0.251 e. The van der Waals surface area contributed by atoms with Crippen molar-refractivity contribution in [1.82, 2.24) is 10.6 Å². The van der Waals surface area contributed by atoms with Crippen molar-refractivity contribution in [2.45, 2.75) is 26.3 Å². The third-order valence-corrected chi connectivity index (χ3v) is 3.83. The first kappa shape index (κ1) is 18.6. The molecule has 0 saturated heterocycles. The third-order valence-electron chi connectivity index (χ3n) is 3.63. The first-order valence-corrected chi connectivity index (χ1v) is 8.47. The molecule has 5 nitrogen and oxygen atoms in total. The summed E-state index contributed by atoms with van der Waals surface area (Å²) in [7, 11) is 0. The summed E-state index contributed by atoms with van der Waals surface area (Å²) < 4.78 is 0. The molecule has 0 spiro atoms. The Labute approximate surface area is 152 Å². The van der Waals surface area contributed by atoms with Gasteiger partial charge in [0.15, 0.2) is 5.11 Å². The molecule has 0 bridgehead atoms. The van der Waals surface area contributed by atoms with Crippen LogP contribution in [-0.4, -0.2) is 16.9 Å². The van der Waals surface area contributed by atoms with Crippen LogP contribution in [0.4, 0.5) is 5.69 Å². The van der Waals surface area contributed by atoms with E-state index in [-0.39, 0.29) is 23.0 Å². The van der Waals surface area contributed by atoms with E-state index in [0.717, 1.165) is 5.56 Å². The van der Waals surface area contributed by atoms with Crippen molar-refractivity contribution >= 4 is 34.8 Å². The molecule has 1 atom stereocenters. The normalized spacial score (nSPS) is 11.3. The number of carbonyl (C=O) groups excluding carboxylic acids is 2. The largest absolute Gasteiger partial charge is 0.346 e. The fourth-order valence-electron chi connectivity index (χ4n) is 2.19. The van der Waals surface area contributed by atoms with E-state index in [1.807, 2.05) is 37.3 Å². The molecule has 0 aliphatic rings. The number of hydrogen-bond donors (Lipinski definition) is 3. The van der Waals surface area contributed by atoms with Gasteiger partial charge >= 0.3 is 0 Å². The molecule has 0 fully saturated rings. The molecule has 2 aromatic rings. The van der Waals surface area contributed by atoms with Crippen LogP contribution in [0.3, 0.4) is 0 Å². The molecular weight excluding hydrogens is 334 g/mol. The van der Waals surface area contributed by atoms with Gasteiger partial charge in [0.25, 0.3) is 5.91 Å². The Hall–Kier alpha value is -2.73. The average molecular weight is 355 g/mol. The average Bonchev–Trinajstić information content (AvgIpc) is 2.62. The van der Waals surface area contributed by atoms with Gasteiger partial charge in [0, 0.05) is 17.7 Å². The Morgan fingerprint density at radius 3 is 2.28 bits per heavy atom. The Kier molecular flexibility index (Phi) is 6.65.